The third-order valence-electron chi connectivity index (χ3n) is 4.34. The Balaban J connectivity index is 2.28. The van der Waals surface area contributed by atoms with Crippen LogP contribution in [0, 0.1) is 0 Å². The standard InChI is InChI=1S/C19H18O2/c1-12(11-20)18(21)15-9-6-8-14-13-7-4-5-10-16(13)19(2,3)17(14)15/h4-10,20H,1,11H2,2-3H3. The lowest BCUT2D eigenvalue weighted by Gasteiger charge is -2.24. The fourth-order valence-corrected chi connectivity index (χ4v) is 3.30. The number of carbonyl (C=O) groups excluding carboxylic acids is 1. The lowest BCUT2D eigenvalue weighted by atomic mass is 9.79. The molecule has 0 unspecified atom stereocenters. The summed E-state index contributed by atoms with van der Waals surface area (Å²) in [5.74, 6) is -0.171. The van der Waals surface area contributed by atoms with Gasteiger partial charge in [-0.05, 0) is 22.3 Å². The second-order valence-electron chi connectivity index (χ2n) is 5.99. The van der Waals surface area contributed by atoms with Gasteiger partial charge in [0.2, 0.25) is 0 Å². The predicted octanol–water partition coefficient (Wildman–Crippen LogP) is 3.72. The van der Waals surface area contributed by atoms with Gasteiger partial charge in [-0.3, -0.25) is 4.79 Å². The van der Waals surface area contributed by atoms with Crippen molar-refractivity contribution in [3.63, 3.8) is 0 Å². The van der Waals surface area contributed by atoms with Crippen LogP contribution in [-0.4, -0.2) is 17.5 Å². The highest BCUT2D eigenvalue weighted by atomic mass is 16.3. The number of benzene rings is 2. The third-order valence-corrected chi connectivity index (χ3v) is 4.34. The quantitative estimate of drug-likeness (QED) is 0.686. The summed E-state index contributed by atoms with van der Waals surface area (Å²) >= 11 is 0. The summed E-state index contributed by atoms with van der Waals surface area (Å²) in [7, 11) is 0. The monoisotopic (exact) mass is 278 g/mol. The minimum absolute atomic E-state index is 0.171. The van der Waals surface area contributed by atoms with Crippen LogP contribution in [0.5, 0.6) is 0 Å². The molecule has 0 aromatic heterocycles. The Morgan fingerprint density at radius 1 is 1.10 bits per heavy atom. The van der Waals surface area contributed by atoms with Gasteiger partial charge in [0, 0.05) is 16.6 Å². The highest BCUT2D eigenvalue weighted by Crippen LogP contribution is 2.49. The van der Waals surface area contributed by atoms with E-state index < -0.39 is 0 Å². The van der Waals surface area contributed by atoms with Crippen LogP contribution in [0.3, 0.4) is 0 Å². The van der Waals surface area contributed by atoms with Gasteiger partial charge in [-0.1, -0.05) is 62.9 Å². The van der Waals surface area contributed by atoms with Crippen molar-refractivity contribution in [2.75, 3.05) is 6.61 Å². The molecule has 0 bridgehead atoms. The van der Waals surface area contributed by atoms with Gasteiger partial charge in [0.15, 0.2) is 5.78 Å². The molecule has 0 saturated heterocycles. The first kappa shape index (κ1) is 13.8. The van der Waals surface area contributed by atoms with E-state index in [0.29, 0.717) is 5.56 Å². The summed E-state index contributed by atoms with van der Waals surface area (Å²) in [5.41, 5.74) is 5.20. The first-order valence-electron chi connectivity index (χ1n) is 7.05. The van der Waals surface area contributed by atoms with Crippen molar-refractivity contribution in [3.8, 4) is 11.1 Å². The molecule has 0 spiro atoms. The van der Waals surface area contributed by atoms with E-state index in [0.717, 1.165) is 11.1 Å². The number of aliphatic hydroxyl groups is 1. The smallest absolute Gasteiger partial charge is 0.191 e. The van der Waals surface area contributed by atoms with Crippen molar-refractivity contribution in [1.29, 1.82) is 0 Å². The maximum absolute atomic E-state index is 12.5. The van der Waals surface area contributed by atoms with Crippen molar-refractivity contribution in [1.82, 2.24) is 0 Å². The van der Waals surface area contributed by atoms with E-state index in [-0.39, 0.29) is 23.4 Å². The van der Waals surface area contributed by atoms with Gasteiger partial charge < -0.3 is 5.11 Å². The summed E-state index contributed by atoms with van der Waals surface area (Å²) in [6.45, 7) is 7.63. The summed E-state index contributed by atoms with van der Waals surface area (Å²) in [6.07, 6.45) is 0. The van der Waals surface area contributed by atoms with E-state index in [1.807, 2.05) is 24.3 Å². The Kier molecular flexibility index (Phi) is 3.07. The molecule has 2 aromatic carbocycles. The van der Waals surface area contributed by atoms with Gasteiger partial charge in [-0.15, -0.1) is 0 Å². The molecule has 2 aromatic rings. The third kappa shape index (κ3) is 1.87. The summed E-state index contributed by atoms with van der Waals surface area (Å²) in [4.78, 5) is 12.5. The normalized spacial score (nSPS) is 14.4. The Morgan fingerprint density at radius 3 is 2.48 bits per heavy atom. The van der Waals surface area contributed by atoms with Gasteiger partial charge in [0.1, 0.15) is 0 Å². The molecular weight excluding hydrogens is 260 g/mol. The molecule has 0 fully saturated rings. The molecule has 21 heavy (non-hydrogen) atoms. The van der Waals surface area contributed by atoms with Crippen LogP contribution < -0.4 is 0 Å². The molecule has 0 saturated carbocycles. The number of ketones is 1. The number of Topliss-reactive ketones (excluding diaryl/α,β-unsaturated/α-hetero) is 1. The van der Waals surface area contributed by atoms with Gasteiger partial charge in [0.25, 0.3) is 0 Å². The highest BCUT2D eigenvalue weighted by molar-refractivity contribution is 6.11. The fraction of sp³-hybridized carbons (Fsp3) is 0.211. The molecular formula is C19H18O2. The predicted molar refractivity (Wildman–Crippen MR) is 84.6 cm³/mol. The molecule has 0 aliphatic heterocycles. The van der Waals surface area contributed by atoms with Crippen molar-refractivity contribution in [3.05, 3.63) is 71.3 Å². The number of aliphatic hydroxyl groups excluding tert-OH is 1. The van der Waals surface area contributed by atoms with E-state index >= 15 is 0 Å². The van der Waals surface area contributed by atoms with E-state index in [1.54, 1.807) is 0 Å². The molecule has 0 heterocycles. The highest BCUT2D eigenvalue weighted by Gasteiger charge is 2.38. The Bertz CT molecular complexity index is 754. The summed E-state index contributed by atoms with van der Waals surface area (Å²) < 4.78 is 0. The second kappa shape index (κ2) is 4.68. The van der Waals surface area contributed by atoms with Crippen LogP contribution in [0.2, 0.25) is 0 Å². The molecule has 2 heteroatoms. The van der Waals surface area contributed by atoms with E-state index in [4.69, 9.17) is 0 Å². The number of fused-ring (bicyclic) bond motifs is 3. The SMILES string of the molecule is C=C(CO)C(=O)c1cccc2c1C(C)(C)c1ccccc1-2. The van der Waals surface area contributed by atoms with E-state index in [2.05, 4.69) is 38.6 Å². The number of rotatable bonds is 3. The molecule has 1 N–H and O–H groups in total. The zero-order valence-electron chi connectivity index (χ0n) is 12.3. The van der Waals surface area contributed by atoms with Crippen molar-refractivity contribution < 1.29 is 9.90 Å². The van der Waals surface area contributed by atoms with Crippen molar-refractivity contribution >= 4 is 5.78 Å². The molecule has 0 amide bonds. The van der Waals surface area contributed by atoms with E-state index in [9.17, 15) is 9.90 Å². The average molecular weight is 278 g/mol. The molecule has 1 aliphatic rings. The van der Waals surface area contributed by atoms with Crippen LogP contribution in [-0.2, 0) is 5.41 Å². The number of hydrogen-bond acceptors (Lipinski definition) is 2. The van der Waals surface area contributed by atoms with Crippen LogP contribution in [0.1, 0.15) is 35.3 Å². The minimum Gasteiger partial charge on any atom is -0.392 e. The molecule has 0 radical (unpaired) electrons. The lowest BCUT2D eigenvalue weighted by Crippen LogP contribution is -2.20. The van der Waals surface area contributed by atoms with Gasteiger partial charge in [0.05, 0.1) is 6.61 Å². The average Bonchev–Trinajstić information content (AvgIpc) is 2.75. The summed E-state index contributed by atoms with van der Waals surface area (Å²) in [6, 6.07) is 14.0. The minimum atomic E-state index is -0.310. The molecule has 3 rings (SSSR count). The molecule has 2 nitrogen and oxygen atoms in total. The van der Waals surface area contributed by atoms with Gasteiger partial charge in [-0.2, -0.15) is 0 Å². The van der Waals surface area contributed by atoms with Crippen LogP contribution in [0.15, 0.2) is 54.6 Å². The summed E-state index contributed by atoms with van der Waals surface area (Å²) in [5, 5.41) is 9.20. The zero-order chi connectivity index (χ0) is 15.2. The van der Waals surface area contributed by atoms with Crippen molar-refractivity contribution in [2.24, 2.45) is 0 Å². The maximum Gasteiger partial charge on any atom is 0.191 e. The van der Waals surface area contributed by atoms with Crippen LogP contribution in [0.4, 0.5) is 0 Å². The Labute approximate surface area is 124 Å². The topological polar surface area (TPSA) is 37.3 Å². The Morgan fingerprint density at radius 2 is 1.76 bits per heavy atom. The maximum atomic E-state index is 12.5. The largest absolute Gasteiger partial charge is 0.392 e. The van der Waals surface area contributed by atoms with Crippen LogP contribution in [0.25, 0.3) is 11.1 Å². The molecule has 1 aliphatic carbocycles. The van der Waals surface area contributed by atoms with Crippen LogP contribution >= 0.6 is 0 Å². The van der Waals surface area contributed by atoms with Gasteiger partial charge >= 0.3 is 0 Å². The second-order valence-corrected chi connectivity index (χ2v) is 5.99. The fourth-order valence-electron chi connectivity index (χ4n) is 3.30. The van der Waals surface area contributed by atoms with Crippen molar-refractivity contribution in [2.45, 2.75) is 19.3 Å². The number of carbonyl (C=O) groups is 1. The Hall–Kier alpha value is -2.19. The van der Waals surface area contributed by atoms with E-state index in [1.165, 1.54) is 11.1 Å². The molecule has 106 valence electrons. The van der Waals surface area contributed by atoms with Gasteiger partial charge in [-0.25, -0.2) is 0 Å². The zero-order valence-corrected chi connectivity index (χ0v) is 12.3. The first-order chi connectivity index (χ1) is 9.98. The first-order valence-corrected chi connectivity index (χ1v) is 7.05. The number of hydrogen-bond donors (Lipinski definition) is 1. The lowest BCUT2D eigenvalue weighted by molar-refractivity contribution is 0.101. The molecule has 0 atom stereocenters.